The summed E-state index contributed by atoms with van der Waals surface area (Å²) in [6.07, 6.45) is 10.5. The minimum absolute atomic E-state index is 0.0418. The summed E-state index contributed by atoms with van der Waals surface area (Å²) in [6.45, 7) is -0.761. The van der Waals surface area contributed by atoms with Gasteiger partial charge in [-0.25, -0.2) is 0 Å². The number of aliphatic hydroxyl groups is 3. The third-order valence-electron chi connectivity index (χ3n) is 13.3. The van der Waals surface area contributed by atoms with Crippen LogP contribution in [0, 0.1) is 18.4 Å². The first-order valence-corrected chi connectivity index (χ1v) is 21.4. The molecule has 0 radical (unpaired) electrons. The molecule has 5 aliphatic heterocycles. The molecule has 1 saturated heterocycles. The number of hydrogen-bond acceptors (Lipinski definition) is 13. The number of rotatable bonds is 6. The first-order chi connectivity index (χ1) is 30.6. The van der Waals surface area contributed by atoms with E-state index in [9.17, 15) is 30.0 Å². The Hall–Kier alpha value is -5.92. The number of benzene rings is 3. The summed E-state index contributed by atoms with van der Waals surface area (Å²) in [5.74, 6) is 2.07. The van der Waals surface area contributed by atoms with Crippen molar-refractivity contribution < 1.29 is 53.7 Å². The van der Waals surface area contributed by atoms with Gasteiger partial charge in [-0.1, -0.05) is 30.9 Å². The number of allylic oxidation sites excluding steroid dienone is 3. The van der Waals surface area contributed by atoms with Crippen LogP contribution in [0.4, 0.5) is 0 Å². The zero-order valence-electron chi connectivity index (χ0n) is 34.9. The molecule has 1 amide bonds. The third kappa shape index (κ3) is 6.91. The van der Waals surface area contributed by atoms with Crippen LogP contribution in [0.2, 0.25) is 0 Å². The first kappa shape index (κ1) is 41.1. The zero-order valence-corrected chi connectivity index (χ0v) is 34.9. The second-order valence-corrected chi connectivity index (χ2v) is 17.1. The van der Waals surface area contributed by atoms with Gasteiger partial charge in [-0.05, 0) is 78.2 Å². The number of phenolic OH excluding ortho intramolecular Hbond substituents is 1. The molecule has 6 atom stereocenters. The molecule has 10 rings (SSSR count). The number of carbonyl (C=O) groups excluding carboxylic acids is 2. The average Bonchev–Trinajstić information content (AvgIpc) is 4.04. The van der Waals surface area contributed by atoms with E-state index in [1.54, 1.807) is 36.6 Å². The number of nitrogens with one attached hydrogen (secondary N) is 1. The Bertz CT molecular complexity index is 2650. The number of fused-ring (bicyclic) bond motifs is 5. The topological polar surface area (TPSA) is 189 Å². The highest BCUT2D eigenvalue weighted by atomic mass is 16.7. The number of ketones is 1. The number of nitrogens with zero attached hydrogens (tertiary/aromatic N) is 2. The normalized spacial score (nSPS) is 27.6. The molecule has 3 aromatic carbocycles. The molecular formula is C49H48N3O11+. The van der Waals surface area contributed by atoms with Gasteiger partial charge in [0.25, 0.3) is 5.91 Å². The minimum Gasteiger partial charge on any atom is -0.506 e. The smallest absolute Gasteiger partial charge is 0.254 e. The lowest BCUT2D eigenvalue weighted by Crippen LogP contribution is -2.70. The van der Waals surface area contributed by atoms with Crippen LogP contribution in [0.1, 0.15) is 74.6 Å². The highest BCUT2D eigenvalue weighted by Gasteiger charge is 2.59. The Balaban J connectivity index is 1.21. The Morgan fingerprint density at radius 2 is 1.98 bits per heavy atom. The molecule has 0 aromatic heterocycles. The maximum atomic E-state index is 14.8. The standard InChI is InChI=1S/C49H47N3O11/c1-50-20-26-12-14-36-33(17-26)34(21-51-36)38-15-13-31-39(59-2)19-29-18-32(27-7-3-4-8-27)42-37(54)23-52-22-35-28(9-5-11-30(35)47(52)57)10-6-16-60-46-43(55)40(24-61-38)62-48(49(46,58)25-53)63-45(31)41(29)44(42)56/h5,9,11-15,17-19,21,27,38,40,43,46,48,50,53,55,58H,3-4,7-8,10,20,22-25H2,1-2H3/p+1. The summed E-state index contributed by atoms with van der Waals surface area (Å²) in [5, 5.41) is 51.9. The molecule has 5 heterocycles. The predicted octanol–water partition coefficient (Wildman–Crippen LogP) is 4.18. The number of aliphatic imine (C=N–C) groups is 1. The van der Waals surface area contributed by atoms with Gasteiger partial charge in [0.1, 0.15) is 47.2 Å². The van der Waals surface area contributed by atoms with E-state index in [1.807, 2.05) is 37.8 Å². The maximum absolute atomic E-state index is 14.8. The lowest BCUT2D eigenvalue weighted by Gasteiger charge is -2.47. The SMILES string of the molecule is CNCC1=CC=C2N=CC(C3C=Cc4c(OC)cc5cc(C6CCCC6)c6c(O)c5c4OC4OC(CO3)C(O)C(OC#CCc3cccc5c3CN(CC6=O)C5=O)C4(O)CO)=C2[CH+]1. The van der Waals surface area contributed by atoms with Crippen molar-refractivity contribution in [1.82, 2.24) is 10.2 Å². The van der Waals surface area contributed by atoms with Crippen molar-refractivity contribution in [2.45, 2.75) is 80.9 Å². The van der Waals surface area contributed by atoms with Crippen LogP contribution in [-0.4, -0.2) is 120 Å². The summed E-state index contributed by atoms with van der Waals surface area (Å²) in [5.41, 5.74) is 3.83. The fraction of sp³-hybridized carbons (Fsp3) is 0.388. The number of carbonyl (C=O) groups is 2. The molecule has 2 fully saturated rings. The lowest BCUT2D eigenvalue weighted by molar-refractivity contribution is -0.327. The molecule has 14 nitrogen and oxygen atoms in total. The van der Waals surface area contributed by atoms with E-state index in [-0.39, 0.29) is 60.4 Å². The monoisotopic (exact) mass is 854 g/mol. The van der Waals surface area contributed by atoms with Crippen LogP contribution in [0.25, 0.3) is 16.8 Å². The number of ether oxygens (including phenoxy) is 5. The molecule has 5 N–H and O–H groups in total. The van der Waals surface area contributed by atoms with Gasteiger partial charge in [-0.15, -0.1) is 0 Å². The van der Waals surface area contributed by atoms with Gasteiger partial charge in [0.2, 0.25) is 6.29 Å². The van der Waals surface area contributed by atoms with Crippen LogP contribution in [0.3, 0.4) is 0 Å². The molecule has 0 spiro atoms. The molecule has 324 valence electrons. The highest BCUT2D eigenvalue weighted by molar-refractivity contribution is 6.11. The maximum Gasteiger partial charge on any atom is 0.254 e. The van der Waals surface area contributed by atoms with E-state index in [1.165, 1.54) is 12.0 Å². The summed E-state index contributed by atoms with van der Waals surface area (Å²) in [6, 6.07) is 8.95. The fourth-order valence-corrected chi connectivity index (χ4v) is 10.1. The van der Waals surface area contributed by atoms with Crippen molar-refractivity contribution in [2.24, 2.45) is 4.99 Å². The summed E-state index contributed by atoms with van der Waals surface area (Å²) >= 11 is 0. The molecule has 3 aromatic rings. The Morgan fingerprint density at radius 1 is 1.14 bits per heavy atom. The molecule has 14 heteroatoms. The summed E-state index contributed by atoms with van der Waals surface area (Å²) < 4.78 is 31.8. The number of likely N-dealkylation sites (N-methyl/N-ethyl adjacent to an activating group) is 1. The van der Waals surface area contributed by atoms with Crippen molar-refractivity contribution in [3.63, 3.8) is 0 Å². The molecular weight excluding hydrogens is 807 g/mol. The predicted molar refractivity (Wildman–Crippen MR) is 231 cm³/mol. The Labute approximate surface area is 364 Å². The van der Waals surface area contributed by atoms with Crippen LogP contribution in [0.5, 0.6) is 17.2 Å². The van der Waals surface area contributed by atoms with E-state index in [0.717, 1.165) is 59.2 Å². The quantitative estimate of drug-likeness (QED) is 0.176. The van der Waals surface area contributed by atoms with Crippen molar-refractivity contribution in [2.75, 3.05) is 40.5 Å². The molecule has 63 heavy (non-hydrogen) atoms. The second-order valence-electron chi connectivity index (χ2n) is 17.1. The van der Waals surface area contributed by atoms with E-state index >= 15 is 0 Å². The molecule has 7 aliphatic rings. The number of aliphatic hydroxyl groups excluding tert-OH is 2. The molecule has 1 saturated carbocycles. The van der Waals surface area contributed by atoms with Crippen molar-refractivity contribution in [3.8, 4) is 29.3 Å². The first-order valence-electron chi connectivity index (χ1n) is 21.4. The van der Waals surface area contributed by atoms with Crippen LogP contribution in [-0.2, 0) is 27.2 Å². The minimum atomic E-state index is -2.45. The summed E-state index contributed by atoms with van der Waals surface area (Å²) in [7, 11) is 3.37. The fourth-order valence-electron chi connectivity index (χ4n) is 10.1. The Morgan fingerprint density at radius 3 is 2.78 bits per heavy atom. The number of methoxy groups -OCH3 is 1. The highest BCUT2D eigenvalue weighted by Crippen LogP contribution is 2.50. The third-order valence-corrected chi connectivity index (χ3v) is 13.3. The number of Topliss-reactive ketones (excluding diaryl/α,β-unsaturated/α-hetero) is 1. The Kier molecular flexibility index (Phi) is 10.7. The van der Waals surface area contributed by atoms with Gasteiger partial charge < -0.3 is 54.3 Å². The van der Waals surface area contributed by atoms with Crippen LogP contribution >= 0.6 is 0 Å². The summed E-state index contributed by atoms with van der Waals surface area (Å²) in [4.78, 5) is 34.9. The molecule has 6 unspecified atom stereocenters. The van der Waals surface area contributed by atoms with Gasteiger partial charge in [0.15, 0.2) is 23.2 Å². The van der Waals surface area contributed by atoms with Gasteiger partial charge in [0, 0.05) is 49.2 Å². The number of hydrogen-bond donors (Lipinski definition) is 5. The van der Waals surface area contributed by atoms with Crippen LogP contribution < -0.4 is 14.8 Å². The number of amides is 1. The van der Waals surface area contributed by atoms with Gasteiger partial charge in [-0.2, -0.15) is 4.99 Å². The molecule has 2 aliphatic carbocycles. The zero-order chi connectivity index (χ0) is 43.6. The van der Waals surface area contributed by atoms with E-state index in [4.69, 9.17) is 23.7 Å². The van der Waals surface area contributed by atoms with Crippen molar-refractivity contribution in [1.29, 1.82) is 0 Å². The van der Waals surface area contributed by atoms with Gasteiger partial charge >= 0.3 is 0 Å². The van der Waals surface area contributed by atoms with Gasteiger partial charge in [-0.3, -0.25) is 9.59 Å². The van der Waals surface area contributed by atoms with Gasteiger partial charge in [0.05, 0.1) is 55.2 Å². The van der Waals surface area contributed by atoms with Crippen LogP contribution in [0.15, 0.2) is 76.0 Å². The van der Waals surface area contributed by atoms with E-state index < -0.39 is 48.7 Å². The van der Waals surface area contributed by atoms with Crippen molar-refractivity contribution >= 4 is 34.8 Å². The number of phenols is 1. The van der Waals surface area contributed by atoms with Crippen molar-refractivity contribution in [3.05, 3.63) is 111 Å². The van der Waals surface area contributed by atoms with E-state index in [0.29, 0.717) is 34.4 Å². The largest absolute Gasteiger partial charge is 0.506 e. The number of aromatic hydroxyl groups is 1. The average molecular weight is 855 g/mol. The lowest BCUT2D eigenvalue weighted by atomic mass is 9.86. The van der Waals surface area contributed by atoms with E-state index in [2.05, 4.69) is 22.3 Å². The molecule has 8 bridgehead atoms. The second kappa shape index (κ2) is 16.3.